The van der Waals surface area contributed by atoms with Gasteiger partial charge in [0.2, 0.25) is 5.91 Å². The van der Waals surface area contributed by atoms with Gasteiger partial charge in [-0.05, 0) is 36.8 Å². The minimum absolute atomic E-state index is 0.0646. The Balaban J connectivity index is 1.54. The summed E-state index contributed by atoms with van der Waals surface area (Å²) in [5.41, 5.74) is 1.57. The first-order valence-electron chi connectivity index (χ1n) is 9.02. The zero-order valence-electron chi connectivity index (χ0n) is 16.0. The van der Waals surface area contributed by atoms with Crippen molar-refractivity contribution in [3.8, 4) is 0 Å². The Labute approximate surface area is 176 Å². The second kappa shape index (κ2) is 8.91. The number of non-ortho nitro benzene ring substituents is 1. The maximum Gasteiger partial charge on any atom is 0.311 e. The van der Waals surface area contributed by atoms with Gasteiger partial charge in [-0.1, -0.05) is 17.7 Å². The second-order valence-corrected chi connectivity index (χ2v) is 7.15. The summed E-state index contributed by atoms with van der Waals surface area (Å²) in [7, 11) is 0. The van der Waals surface area contributed by atoms with Gasteiger partial charge in [0, 0.05) is 41.5 Å². The first-order valence-corrected chi connectivity index (χ1v) is 9.40. The average molecular weight is 432 g/mol. The standard InChI is InChI=1S/C20H18ClN3O6/c1-12-16(21)3-2-4-17(12)22-18(25)11-30-20(27)13-9-19(26)23(10-13)14-5-7-15(8-6-14)24(28)29/h2-8,13H,9-11H2,1H3,(H,22,25)/t13-/m0/s1. The van der Waals surface area contributed by atoms with E-state index in [-0.39, 0.29) is 24.6 Å². The Morgan fingerprint density at radius 1 is 1.27 bits per heavy atom. The Kier molecular flexibility index (Phi) is 6.31. The van der Waals surface area contributed by atoms with Crippen molar-refractivity contribution in [3.05, 3.63) is 63.2 Å². The van der Waals surface area contributed by atoms with Gasteiger partial charge in [0.1, 0.15) is 0 Å². The zero-order valence-corrected chi connectivity index (χ0v) is 16.7. The molecule has 1 heterocycles. The lowest BCUT2D eigenvalue weighted by Gasteiger charge is -2.16. The lowest BCUT2D eigenvalue weighted by Crippen LogP contribution is -2.28. The number of nitro benzene ring substituents is 1. The van der Waals surface area contributed by atoms with Crippen LogP contribution in [0.4, 0.5) is 17.1 Å². The Bertz CT molecular complexity index is 1010. The van der Waals surface area contributed by atoms with Crippen molar-refractivity contribution in [2.75, 3.05) is 23.4 Å². The molecular weight excluding hydrogens is 414 g/mol. The summed E-state index contributed by atoms with van der Waals surface area (Å²) in [4.78, 5) is 48.2. The normalized spacial score (nSPS) is 15.7. The topological polar surface area (TPSA) is 119 Å². The second-order valence-electron chi connectivity index (χ2n) is 6.75. The van der Waals surface area contributed by atoms with E-state index in [2.05, 4.69) is 5.32 Å². The molecule has 0 unspecified atom stereocenters. The highest BCUT2D eigenvalue weighted by molar-refractivity contribution is 6.31. The van der Waals surface area contributed by atoms with E-state index >= 15 is 0 Å². The molecule has 1 fully saturated rings. The van der Waals surface area contributed by atoms with Gasteiger partial charge in [0.15, 0.2) is 6.61 Å². The van der Waals surface area contributed by atoms with E-state index in [0.29, 0.717) is 22.0 Å². The zero-order chi connectivity index (χ0) is 21.8. The van der Waals surface area contributed by atoms with Crippen molar-refractivity contribution >= 4 is 46.4 Å². The fourth-order valence-electron chi connectivity index (χ4n) is 3.05. The van der Waals surface area contributed by atoms with Crippen LogP contribution >= 0.6 is 11.6 Å². The predicted octanol–water partition coefficient (Wildman–Crippen LogP) is 3.09. The monoisotopic (exact) mass is 431 g/mol. The first-order chi connectivity index (χ1) is 14.3. The summed E-state index contributed by atoms with van der Waals surface area (Å²) in [5, 5.41) is 13.9. The number of amides is 2. The van der Waals surface area contributed by atoms with Crippen LogP contribution < -0.4 is 10.2 Å². The molecule has 0 aliphatic carbocycles. The summed E-state index contributed by atoms with van der Waals surface area (Å²) in [6.07, 6.45) is -0.0646. The van der Waals surface area contributed by atoms with Gasteiger partial charge in [-0.25, -0.2) is 0 Å². The molecule has 9 nitrogen and oxygen atoms in total. The molecule has 0 radical (unpaired) electrons. The third kappa shape index (κ3) is 4.74. The van der Waals surface area contributed by atoms with Gasteiger partial charge in [0.25, 0.3) is 11.6 Å². The highest BCUT2D eigenvalue weighted by Crippen LogP contribution is 2.27. The number of nitrogens with one attached hydrogen (secondary N) is 1. The molecule has 0 bridgehead atoms. The molecule has 2 aromatic rings. The van der Waals surface area contributed by atoms with Crippen LogP contribution in [0.3, 0.4) is 0 Å². The minimum Gasteiger partial charge on any atom is -0.455 e. The molecule has 0 aromatic heterocycles. The molecule has 1 saturated heterocycles. The number of hydrogen-bond acceptors (Lipinski definition) is 6. The van der Waals surface area contributed by atoms with Crippen LogP contribution in [-0.4, -0.2) is 35.9 Å². The molecule has 2 aromatic carbocycles. The molecular formula is C20H18ClN3O6. The van der Waals surface area contributed by atoms with Crippen LogP contribution in [-0.2, 0) is 19.1 Å². The van der Waals surface area contributed by atoms with Gasteiger partial charge in [-0.3, -0.25) is 24.5 Å². The molecule has 0 spiro atoms. The Morgan fingerprint density at radius 2 is 1.97 bits per heavy atom. The summed E-state index contributed by atoms with van der Waals surface area (Å²) < 4.78 is 5.06. The van der Waals surface area contributed by atoms with Crippen LogP contribution in [0.25, 0.3) is 0 Å². The fourth-order valence-corrected chi connectivity index (χ4v) is 3.23. The fraction of sp³-hybridized carbons (Fsp3) is 0.250. The number of carbonyl (C=O) groups excluding carboxylic acids is 3. The van der Waals surface area contributed by atoms with Crippen molar-refractivity contribution in [2.24, 2.45) is 5.92 Å². The molecule has 3 rings (SSSR count). The maximum absolute atomic E-state index is 12.3. The summed E-state index contributed by atoms with van der Waals surface area (Å²) in [6, 6.07) is 10.5. The minimum atomic E-state index is -0.728. The van der Waals surface area contributed by atoms with Gasteiger partial charge in [0.05, 0.1) is 10.8 Å². The van der Waals surface area contributed by atoms with Crippen LogP contribution in [0, 0.1) is 23.0 Å². The largest absolute Gasteiger partial charge is 0.455 e. The molecule has 156 valence electrons. The molecule has 30 heavy (non-hydrogen) atoms. The van der Waals surface area contributed by atoms with Crippen molar-refractivity contribution in [3.63, 3.8) is 0 Å². The number of nitrogens with zero attached hydrogens (tertiary/aromatic N) is 2. The Morgan fingerprint density at radius 3 is 2.63 bits per heavy atom. The number of benzene rings is 2. The highest BCUT2D eigenvalue weighted by atomic mass is 35.5. The van der Waals surface area contributed by atoms with Crippen molar-refractivity contribution < 1.29 is 24.0 Å². The number of ether oxygens (including phenoxy) is 1. The number of rotatable bonds is 6. The van der Waals surface area contributed by atoms with Crippen LogP contribution in [0.15, 0.2) is 42.5 Å². The van der Waals surface area contributed by atoms with Gasteiger partial charge in [-0.15, -0.1) is 0 Å². The van der Waals surface area contributed by atoms with Crippen LogP contribution in [0.1, 0.15) is 12.0 Å². The van der Waals surface area contributed by atoms with E-state index in [1.165, 1.54) is 29.2 Å². The number of esters is 1. The molecule has 2 amide bonds. The lowest BCUT2D eigenvalue weighted by atomic mass is 10.1. The third-order valence-electron chi connectivity index (χ3n) is 4.72. The van der Waals surface area contributed by atoms with Crippen LogP contribution in [0.5, 0.6) is 0 Å². The number of nitro groups is 1. The highest BCUT2D eigenvalue weighted by Gasteiger charge is 2.36. The molecule has 1 atom stereocenters. The van der Waals surface area contributed by atoms with Crippen molar-refractivity contribution in [1.29, 1.82) is 0 Å². The molecule has 1 aliphatic rings. The number of anilines is 2. The number of halogens is 1. The van der Waals surface area contributed by atoms with E-state index in [1.807, 2.05) is 0 Å². The molecule has 1 aliphatic heterocycles. The predicted molar refractivity (Wildman–Crippen MR) is 109 cm³/mol. The smallest absolute Gasteiger partial charge is 0.311 e. The van der Waals surface area contributed by atoms with E-state index in [1.54, 1.807) is 25.1 Å². The van der Waals surface area contributed by atoms with Gasteiger partial charge >= 0.3 is 5.97 Å². The Hall–Kier alpha value is -3.46. The number of hydrogen-bond donors (Lipinski definition) is 1. The molecule has 1 N–H and O–H groups in total. The third-order valence-corrected chi connectivity index (χ3v) is 5.13. The SMILES string of the molecule is Cc1c(Cl)cccc1NC(=O)COC(=O)[C@H]1CC(=O)N(c2ccc([N+](=O)[O-])cc2)C1. The summed E-state index contributed by atoms with van der Waals surface area (Å²) in [6.45, 7) is 1.33. The first kappa shape index (κ1) is 21.3. The maximum atomic E-state index is 12.3. The summed E-state index contributed by atoms with van der Waals surface area (Å²) >= 11 is 6.01. The molecule has 0 saturated carbocycles. The quantitative estimate of drug-likeness (QED) is 0.426. The number of carbonyl (C=O) groups is 3. The van der Waals surface area contributed by atoms with Crippen molar-refractivity contribution in [2.45, 2.75) is 13.3 Å². The average Bonchev–Trinajstić information content (AvgIpc) is 3.11. The van der Waals surface area contributed by atoms with Gasteiger partial charge in [-0.2, -0.15) is 0 Å². The van der Waals surface area contributed by atoms with Gasteiger partial charge < -0.3 is 15.0 Å². The lowest BCUT2D eigenvalue weighted by molar-refractivity contribution is -0.384. The molecule has 10 heteroatoms. The summed E-state index contributed by atoms with van der Waals surface area (Å²) in [5.74, 6) is -2.21. The van der Waals surface area contributed by atoms with Crippen molar-refractivity contribution in [1.82, 2.24) is 0 Å². The van der Waals surface area contributed by atoms with E-state index in [0.717, 1.165) is 0 Å². The van der Waals surface area contributed by atoms with E-state index in [4.69, 9.17) is 16.3 Å². The van der Waals surface area contributed by atoms with E-state index < -0.39 is 29.3 Å². The van der Waals surface area contributed by atoms with E-state index in [9.17, 15) is 24.5 Å². The van der Waals surface area contributed by atoms with Crippen LogP contribution in [0.2, 0.25) is 5.02 Å².